The van der Waals surface area contributed by atoms with E-state index in [-0.39, 0.29) is 5.91 Å². The van der Waals surface area contributed by atoms with Crippen molar-refractivity contribution in [3.63, 3.8) is 0 Å². The maximum Gasteiger partial charge on any atom is 0.259 e. The minimum Gasteiger partial charge on any atom is -0.306 e. The maximum absolute atomic E-state index is 11.9. The number of fused-ring (bicyclic) bond motifs is 1. The van der Waals surface area contributed by atoms with Crippen LogP contribution in [0.15, 0.2) is 47.5 Å². The lowest BCUT2D eigenvalue weighted by Gasteiger charge is -2.02. The quantitative estimate of drug-likeness (QED) is 0.852. The third-order valence-corrected chi connectivity index (χ3v) is 3.43. The number of nitrogens with zero attached hydrogens (tertiary/aromatic N) is 1. The van der Waals surface area contributed by atoms with Gasteiger partial charge >= 0.3 is 0 Å². The third-order valence-electron chi connectivity index (χ3n) is 2.80. The molecule has 5 heteroatoms. The molecule has 3 rings (SSSR count). The van der Waals surface area contributed by atoms with E-state index in [1.807, 2.05) is 30.3 Å². The number of para-hydroxylation sites is 1. The molecule has 0 saturated heterocycles. The molecule has 0 saturated carbocycles. The number of rotatable bonds is 1. The maximum atomic E-state index is 11.9. The van der Waals surface area contributed by atoms with Gasteiger partial charge in [0.15, 0.2) is 0 Å². The number of amidine groups is 1. The van der Waals surface area contributed by atoms with Crippen molar-refractivity contribution in [1.29, 1.82) is 0 Å². The zero-order chi connectivity index (χ0) is 13.4. The summed E-state index contributed by atoms with van der Waals surface area (Å²) in [6.45, 7) is 0. The van der Waals surface area contributed by atoms with Crippen LogP contribution in [0, 0.1) is 0 Å². The molecule has 1 aliphatic heterocycles. The van der Waals surface area contributed by atoms with E-state index in [4.69, 9.17) is 23.2 Å². The number of nitrogens with one attached hydrogen (secondary N) is 1. The molecule has 0 fully saturated rings. The molecular weight excluding hydrogens is 283 g/mol. The highest BCUT2D eigenvalue weighted by atomic mass is 35.5. The Morgan fingerprint density at radius 3 is 2.21 bits per heavy atom. The Morgan fingerprint density at radius 2 is 1.53 bits per heavy atom. The molecule has 19 heavy (non-hydrogen) atoms. The summed E-state index contributed by atoms with van der Waals surface area (Å²) in [5.41, 5.74) is 1.67. The molecule has 1 amide bonds. The minimum atomic E-state index is -0.280. The molecule has 3 nitrogen and oxygen atoms in total. The summed E-state index contributed by atoms with van der Waals surface area (Å²) in [5.74, 6) is 0.149. The molecule has 0 atom stereocenters. The number of amides is 1. The highest BCUT2D eigenvalue weighted by Gasteiger charge is 2.30. The Balaban J connectivity index is 2.18. The Kier molecular flexibility index (Phi) is 3.01. The zero-order valence-corrected chi connectivity index (χ0v) is 11.2. The highest BCUT2D eigenvalue weighted by molar-refractivity contribution is 6.42. The van der Waals surface area contributed by atoms with Crippen LogP contribution < -0.4 is 5.32 Å². The molecule has 0 spiro atoms. The smallest absolute Gasteiger partial charge is 0.259 e. The standard InChI is InChI=1S/C14H8Cl2N2O/c15-9-6-7-10(16)12-11(9)13(18-14(12)19)17-8-4-2-1-3-5-8/h1-7H,(H,17,18,19). The molecule has 0 bridgehead atoms. The van der Waals surface area contributed by atoms with Gasteiger partial charge in [0.1, 0.15) is 5.84 Å². The van der Waals surface area contributed by atoms with Gasteiger partial charge in [-0.05, 0) is 24.3 Å². The van der Waals surface area contributed by atoms with Crippen LogP contribution in [0.4, 0.5) is 5.69 Å². The van der Waals surface area contributed by atoms with Crippen LogP contribution in [0.2, 0.25) is 10.0 Å². The van der Waals surface area contributed by atoms with E-state index in [9.17, 15) is 4.79 Å². The SMILES string of the molecule is O=C1NC(=Nc2ccccc2)c2c(Cl)ccc(Cl)c21. The first-order valence-electron chi connectivity index (χ1n) is 5.60. The first kappa shape index (κ1) is 12.2. The number of aliphatic imine (C=N–C) groups is 1. The lowest BCUT2D eigenvalue weighted by molar-refractivity contribution is 0.0983. The van der Waals surface area contributed by atoms with Crippen LogP contribution in [0.25, 0.3) is 0 Å². The molecule has 0 radical (unpaired) electrons. The Morgan fingerprint density at radius 1 is 0.895 bits per heavy atom. The van der Waals surface area contributed by atoms with Crippen LogP contribution in [0.3, 0.4) is 0 Å². The number of hydrogen-bond donors (Lipinski definition) is 1. The second-order valence-corrected chi connectivity index (χ2v) is 4.84. The molecule has 1 heterocycles. The lowest BCUT2D eigenvalue weighted by atomic mass is 10.1. The van der Waals surface area contributed by atoms with Crippen molar-refractivity contribution in [2.24, 2.45) is 4.99 Å². The summed E-state index contributed by atoms with van der Waals surface area (Å²) in [6.07, 6.45) is 0. The molecular formula is C14H8Cl2N2O. The van der Waals surface area contributed by atoms with Crippen molar-refractivity contribution in [1.82, 2.24) is 5.32 Å². The van der Waals surface area contributed by atoms with Gasteiger partial charge in [-0.2, -0.15) is 0 Å². The first-order chi connectivity index (χ1) is 9.16. The van der Waals surface area contributed by atoms with Crippen molar-refractivity contribution in [2.45, 2.75) is 0 Å². The van der Waals surface area contributed by atoms with Crippen molar-refractivity contribution in [2.75, 3.05) is 0 Å². The Bertz CT molecular complexity index is 696. The minimum absolute atomic E-state index is 0.280. The molecule has 2 aromatic carbocycles. The van der Waals surface area contributed by atoms with Gasteiger partial charge in [-0.3, -0.25) is 4.79 Å². The van der Waals surface area contributed by atoms with E-state index in [1.165, 1.54) is 0 Å². The first-order valence-corrected chi connectivity index (χ1v) is 6.36. The number of carbonyl (C=O) groups is 1. The van der Waals surface area contributed by atoms with E-state index in [0.29, 0.717) is 27.0 Å². The molecule has 1 aliphatic rings. The second-order valence-electron chi connectivity index (χ2n) is 4.03. The molecule has 0 aromatic heterocycles. The van der Waals surface area contributed by atoms with E-state index in [2.05, 4.69) is 10.3 Å². The van der Waals surface area contributed by atoms with Gasteiger partial charge in [0, 0.05) is 0 Å². The lowest BCUT2D eigenvalue weighted by Crippen LogP contribution is -2.21. The fourth-order valence-electron chi connectivity index (χ4n) is 1.95. The summed E-state index contributed by atoms with van der Waals surface area (Å²) in [4.78, 5) is 16.3. The topological polar surface area (TPSA) is 41.5 Å². The molecule has 0 aliphatic carbocycles. The monoisotopic (exact) mass is 290 g/mol. The van der Waals surface area contributed by atoms with E-state index in [1.54, 1.807) is 12.1 Å². The summed E-state index contributed by atoms with van der Waals surface area (Å²) >= 11 is 12.2. The number of carbonyl (C=O) groups excluding carboxylic acids is 1. The number of halogens is 2. The molecule has 1 N–H and O–H groups in total. The average molecular weight is 291 g/mol. The average Bonchev–Trinajstić information content (AvgIpc) is 2.73. The van der Waals surface area contributed by atoms with Gasteiger partial charge in [-0.25, -0.2) is 4.99 Å². The molecule has 0 unspecified atom stereocenters. The van der Waals surface area contributed by atoms with Crippen molar-refractivity contribution >= 4 is 40.6 Å². The number of benzene rings is 2. The predicted octanol–water partition coefficient (Wildman–Crippen LogP) is 3.82. The highest BCUT2D eigenvalue weighted by Crippen LogP contribution is 2.31. The van der Waals surface area contributed by atoms with Crippen molar-refractivity contribution in [3.05, 3.63) is 63.6 Å². The van der Waals surface area contributed by atoms with E-state index >= 15 is 0 Å². The second kappa shape index (κ2) is 4.68. The van der Waals surface area contributed by atoms with Gasteiger partial charge in [-0.15, -0.1) is 0 Å². The van der Waals surface area contributed by atoms with Gasteiger partial charge in [-0.1, -0.05) is 41.4 Å². The fourth-order valence-corrected chi connectivity index (χ4v) is 2.44. The van der Waals surface area contributed by atoms with Gasteiger partial charge in [0.05, 0.1) is 26.9 Å². The van der Waals surface area contributed by atoms with Gasteiger partial charge < -0.3 is 5.32 Å². The van der Waals surface area contributed by atoms with Crippen molar-refractivity contribution < 1.29 is 4.79 Å². The van der Waals surface area contributed by atoms with Gasteiger partial charge in [0.2, 0.25) is 0 Å². The van der Waals surface area contributed by atoms with Crippen LogP contribution >= 0.6 is 23.2 Å². The van der Waals surface area contributed by atoms with Gasteiger partial charge in [0.25, 0.3) is 5.91 Å². The summed E-state index contributed by atoms with van der Waals surface area (Å²) < 4.78 is 0. The largest absolute Gasteiger partial charge is 0.306 e. The zero-order valence-electron chi connectivity index (χ0n) is 9.65. The normalized spacial score (nSPS) is 15.5. The van der Waals surface area contributed by atoms with Crippen molar-refractivity contribution in [3.8, 4) is 0 Å². The Hall–Kier alpha value is -1.84. The Labute approximate surface area is 119 Å². The van der Waals surface area contributed by atoms with Crippen LogP contribution in [-0.4, -0.2) is 11.7 Å². The van der Waals surface area contributed by atoms with Crippen LogP contribution in [0.5, 0.6) is 0 Å². The fraction of sp³-hybridized carbons (Fsp3) is 0. The van der Waals surface area contributed by atoms with E-state index < -0.39 is 0 Å². The molecule has 2 aromatic rings. The summed E-state index contributed by atoms with van der Waals surface area (Å²) in [6, 6.07) is 12.6. The molecule has 94 valence electrons. The van der Waals surface area contributed by atoms with Crippen LogP contribution in [0.1, 0.15) is 15.9 Å². The summed E-state index contributed by atoms with van der Waals surface area (Å²) in [7, 11) is 0. The predicted molar refractivity (Wildman–Crippen MR) is 76.6 cm³/mol. The van der Waals surface area contributed by atoms with E-state index in [0.717, 1.165) is 5.69 Å². The summed E-state index contributed by atoms with van der Waals surface area (Å²) in [5, 5.41) is 3.51. The number of hydrogen-bond acceptors (Lipinski definition) is 2. The van der Waals surface area contributed by atoms with Crippen LogP contribution in [-0.2, 0) is 0 Å². The third kappa shape index (κ3) is 2.11.